The van der Waals surface area contributed by atoms with Crippen LogP contribution < -0.4 is 10.1 Å². The van der Waals surface area contributed by atoms with Crippen LogP contribution in [0.15, 0.2) is 18.2 Å². The Balaban J connectivity index is 1.38. The van der Waals surface area contributed by atoms with Gasteiger partial charge >= 0.3 is 0 Å². The number of hydrogen-bond donors (Lipinski definition) is 1. The second kappa shape index (κ2) is 9.54. The Labute approximate surface area is 177 Å². The monoisotopic (exact) mass is 442 g/mol. The minimum Gasteiger partial charge on any atom is -0.482 e. The van der Waals surface area contributed by atoms with Crippen LogP contribution in [-0.2, 0) is 4.79 Å². The normalized spacial score (nSPS) is 14.8. The van der Waals surface area contributed by atoms with Crippen molar-refractivity contribution in [3.63, 3.8) is 0 Å². The second-order valence-electron chi connectivity index (χ2n) is 6.59. The predicted octanol–water partition coefficient (Wildman–Crippen LogP) is 3.20. The van der Waals surface area contributed by atoms with E-state index in [1.165, 1.54) is 0 Å². The fourth-order valence-electron chi connectivity index (χ4n) is 2.96. The number of nitrogens with zero attached hydrogens (tertiary/aromatic N) is 3. The van der Waals surface area contributed by atoms with Crippen molar-refractivity contribution in [1.82, 2.24) is 19.8 Å². The van der Waals surface area contributed by atoms with Gasteiger partial charge in [-0.15, -0.1) is 5.10 Å². The highest BCUT2D eigenvalue weighted by Crippen LogP contribution is 2.27. The summed E-state index contributed by atoms with van der Waals surface area (Å²) in [5, 5.41) is 7.64. The van der Waals surface area contributed by atoms with E-state index in [-0.39, 0.29) is 18.4 Å². The van der Waals surface area contributed by atoms with Gasteiger partial charge in [0.25, 0.3) is 11.8 Å². The van der Waals surface area contributed by atoms with E-state index in [4.69, 9.17) is 27.9 Å². The number of piperidine rings is 1. The first kappa shape index (κ1) is 20.8. The first-order valence-electron chi connectivity index (χ1n) is 8.87. The Hall–Kier alpha value is -1.90. The van der Waals surface area contributed by atoms with E-state index >= 15 is 0 Å². The molecule has 1 aliphatic heterocycles. The van der Waals surface area contributed by atoms with E-state index in [2.05, 4.69) is 14.9 Å². The molecule has 7 nitrogen and oxygen atoms in total. The summed E-state index contributed by atoms with van der Waals surface area (Å²) in [7, 11) is 0. The highest BCUT2D eigenvalue weighted by atomic mass is 35.5. The lowest BCUT2D eigenvalue weighted by molar-refractivity contribution is -0.123. The summed E-state index contributed by atoms with van der Waals surface area (Å²) in [6.07, 6.45) is 1.67. The summed E-state index contributed by atoms with van der Waals surface area (Å²) in [5.74, 6) is 0.521. The standard InChI is InChI=1S/C18H20Cl2N4O3S/c1-11-17(28-23-22-11)18(26)24-6-4-12(5-7-24)9-21-16(25)10-27-15-3-2-13(19)8-14(15)20/h2-3,8,12H,4-7,9-10H2,1H3,(H,21,25). The first-order valence-corrected chi connectivity index (χ1v) is 10.4. The predicted molar refractivity (Wildman–Crippen MR) is 108 cm³/mol. The molecule has 1 aromatic carbocycles. The van der Waals surface area contributed by atoms with Crippen molar-refractivity contribution in [3.05, 3.63) is 38.8 Å². The number of likely N-dealkylation sites (tertiary alicyclic amines) is 1. The maximum atomic E-state index is 12.5. The van der Waals surface area contributed by atoms with E-state index in [9.17, 15) is 9.59 Å². The molecule has 1 saturated heterocycles. The quantitative estimate of drug-likeness (QED) is 0.742. The van der Waals surface area contributed by atoms with Gasteiger partial charge in [0.2, 0.25) is 0 Å². The fraction of sp³-hybridized carbons (Fsp3) is 0.444. The van der Waals surface area contributed by atoms with Crippen LogP contribution in [0.3, 0.4) is 0 Å². The molecule has 2 aromatic rings. The lowest BCUT2D eigenvalue weighted by atomic mass is 9.96. The average Bonchev–Trinajstić information content (AvgIpc) is 3.11. The first-order chi connectivity index (χ1) is 13.4. The Morgan fingerprint density at radius 1 is 1.32 bits per heavy atom. The molecule has 2 amide bonds. The Morgan fingerprint density at radius 2 is 2.07 bits per heavy atom. The molecule has 0 atom stereocenters. The minimum atomic E-state index is -0.212. The lowest BCUT2D eigenvalue weighted by Crippen LogP contribution is -2.42. The number of amides is 2. The van der Waals surface area contributed by atoms with Crippen LogP contribution in [0.25, 0.3) is 0 Å². The van der Waals surface area contributed by atoms with Gasteiger partial charge in [-0.1, -0.05) is 27.7 Å². The summed E-state index contributed by atoms with van der Waals surface area (Å²) >= 11 is 13.0. The van der Waals surface area contributed by atoms with Crippen LogP contribution in [0, 0.1) is 12.8 Å². The summed E-state index contributed by atoms with van der Waals surface area (Å²) < 4.78 is 9.25. The molecule has 0 saturated carbocycles. The third-order valence-corrected chi connectivity index (χ3v) is 5.93. The van der Waals surface area contributed by atoms with Gasteiger partial charge < -0.3 is 15.0 Å². The lowest BCUT2D eigenvalue weighted by Gasteiger charge is -2.31. The number of aryl methyl sites for hydroxylation is 1. The number of nitrogens with one attached hydrogen (secondary N) is 1. The maximum absolute atomic E-state index is 12.5. The van der Waals surface area contributed by atoms with Crippen LogP contribution in [0.4, 0.5) is 0 Å². The van der Waals surface area contributed by atoms with Crippen molar-refractivity contribution in [3.8, 4) is 5.75 Å². The third-order valence-electron chi connectivity index (χ3n) is 4.59. The molecule has 28 heavy (non-hydrogen) atoms. The molecule has 1 fully saturated rings. The number of halogens is 2. The van der Waals surface area contributed by atoms with Gasteiger partial charge in [-0.3, -0.25) is 9.59 Å². The SMILES string of the molecule is Cc1nnsc1C(=O)N1CCC(CNC(=O)COc2ccc(Cl)cc2Cl)CC1. The molecule has 1 aliphatic rings. The molecule has 0 unspecified atom stereocenters. The van der Waals surface area contributed by atoms with Crippen LogP contribution in [0.1, 0.15) is 28.2 Å². The Morgan fingerprint density at radius 3 is 2.71 bits per heavy atom. The largest absolute Gasteiger partial charge is 0.482 e. The van der Waals surface area contributed by atoms with Gasteiger partial charge in [-0.2, -0.15) is 0 Å². The van der Waals surface area contributed by atoms with Gasteiger partial charge in [0.15, 0.2) is 6.61 Å². The summed E-state index contributed by atoms with van der Waals surface area (Å²) in [6.45, 7) is 3.55. The van der Waals surface area contributed by atoms with Crippen molar-refractivity contribution in [2.24, 2.45) is 5.92 Å². The van der Waals surface area contributed by atoms with Crippen LogP contribution in [-0.4, -0.2) is 52.5 Å². The zero-order valence-corrected chi connectivity index (χ0v) is 17.6. The van der Waals surface area contributed by atoms with Gasteiger partial charge in [0.05, 0.1) is 10.7 Å². The number of ether oxygens (including phenoxy) is 1. The molecule has 150 valence electrons. The highest BCUT2D eigenvalue weighted by Gasteiger charge is 2.26. The van der Waals surface area contributed by atoms with Crippen molar-refractivity contribution in [1.29, 1.82) is 0 Å². The van der Waals surface area contributed by atoms with Crippen molar-refractivity contribution in [2.75, 3.05) is 26.2 Å². The molecule has 1 N–H and O–H groups in total. The van der Waals surface area contributed by atoms with Crippen LogP contribution >= 0.6 is 34.7 Å². The van der Waals surface area contributed by atoms with E-state index in [1.54, 1.807) is 25.1 Å². The summed E-state index contributed by atoms with van der Waals surface area (Å²) in [6, 6.07) is 4.85. The molecular formula is C18H20Cl2N4O3S. The second-order valence-corrected chi connectivity index (χ2v) is 8.19. The number of aromatic nitrogens is 2. The molecule has 1 aromatic heterocycles. The van der Waals surface area contributed by atoms with Gasteiger partial charge in [-0.25, -0.2) is 0 Å². The maximum Gasteiger partial charge on any atom is 0.267 e. The minimum absolute atomic E-state index is 0.0109. The molecule has 10 heteroatoms. The topological polar surface area (TPSA) is 84.4 Å². The number of rotatable bonds is 6. The number of hydrogen-bond acceptors (Lipinski definition) is 6. The molecule has 0 aliphatic carbocycles. The molecular weight excluding hydrogens is 423 g/mol. The fourth-order valence-corrected chi connectivity index (χ4v) is 4.04. The summed E-state index contributed by atoms with van der Waals surface area (Å²) in [4.78, 5) is 26.9. The highest BCUT2D eigenvalue weighted by molar-refractivity contribution is 7.07. The van der Waals surface area contributed by atoms with Crippen LogP contribution in [0.2, 0.25) is 10.0 Å². The van der Waals surface area contributed by atoms with Crippen molar-refractivity contribution >= 4 is 46.5 Å². The molecule has 2 heterocycles. The third kappa shape index (κ3) is 5.33. The van der Waals surface area contributed by atoms with E-state index in [0.29, 0.717) is 51.9 Å². The van der Waals surface area contributed by atoms with Crippen LogP contribution in [0.5, 0.6) is 5.75 Å². The Kier molecular flexibility index (Phi) is 7.09. The van der Waals surface area contributed by atoms with Crippen molar-refractivity contribution < 1.29 is 14.3 Å². The molecule has 0 radical (unpaired) electrons. The van der Waals surface area contributed by atoms with E-state index < -0.39 is 0 Å². The average molecular weight is 443 g/mol. The van der Waals surface area contributed by atoms with Gasteiger partial charge in [-0.05, 0) is 55.4 Å². The number of carbonyl (C=O) groups excluding carboxylic acids is 2. The summed E-state index contributed by atoms with van der Waals surface area (Å²) in [5.41, 5.74) is 0.671. The van der Waals surface area contributed by atoms with E-state index in [1.807, 2.05) is 4.90 Å². The van der Waals surface area contributed by atoms with Gasteiger partial charge in [0.1, 0.15) is 10.6 Å². The molecule has 0 spiro atoms. The van der Waals surface area contributed by atoms with E-state index in [0.717, 1.165) is 24.4 Å². The Bertz CT molecular complexity index is 853. The molecule has 3 rings (SSSR count). The zero-order valence-electron chi connectivity index (χ0n) is 15.3. The smallest absolute Gasteiger partial charge is 0.267 e. The number of benzene rings is 1. The zero-order chi connectivity index (χ0) is 20.1. The molecule has 0 bridgehead atoms. The van der Waals surface area contributed by atoms with Gasteiger partial charge in [0, 0.05) is 24.7 Å². The number of carbonyl (C=O) groups is 2. The van der Waals surface area contributed by atoms with Crippen molar-refractivity contribution in [2.45, 2.75) is 19.8 Å².